The number of nitrogens with two attached hydrogens (primary N) is 1. The van der Waals surface area contributed by atoms with Crippen molar-refractivity contribution in [3.8, 4) is 0 Å². The molecule has 0 bridgehead atoms. The van der Waals surface area contributed by atoms with Gasteiger partial charge in [-0.05, 0) is 49.4 Å². The highest BCUT2D eigenvalue weighted by atomic mass is 16.2. The molecule has 1 aromatic carbocycles. The van der Waals surface area contributed by atoms with E-state index in [1.807, 2.05) is 11.8 Å². The van der Waals surface area contributed by atoms with Crippen molar-refractivity contribution in [3.05, 3.63) is 29.8 Å². The average Bonchev–Trinajstić information content (AvgIpc) is 2.43. The number of carbonyl (C=O) groups is 1. The summed E-state index contributed by atoms with van der Waals surface area (Å²) < 4.78 is 0. The van der Waals surface area contributed by atoms with Crippen LogP contribution in [0.3, 0.4) is 0 Å². The molecule has 0 aliphatic rings. The largest absolute Gasteiger partial charge is 0.330 e. The molecule has 0 radical (unpaired) electrons. The van der Waals surface area contributed by atoms with Crippen LogP contribution in [-0.2, 0) is 11.2 Å². The Hall–Kier alpha value is -1.35. The van der Waals surface area contributed by atoms with Gasteiger partial charge in [-0.15, -0.1) is 0 Å². The third-order valence-corrected chi connectivity index (χ3v) is 3.33. The Morgan fingerprint density at radius 3 is 2.35 bits per heavy atom. The van der Waals surface area contributed by atoms with Gasteiger partial charge in [0.2, 0.25) is 5.91 Å². The van der Waals surface area contributed by atoms with Gasteiger partial charge in [-0.1, -0.05) is 32.9 Å². The van der Waals surface area contributed by atoms with Gasteiger partial charge in [-0.25, -0.2) is 0 Å². The van der Waals surface area contributed by atoms with E-state index < -0.39 is 0 Å². The zero-order chi connectivity index (χ0) is 15.0. The molecular weight excluding hydrogens is 248 g/mol. The smallest absolute Gasteiger partial charge is 0.226 e. The molecule has 0 aromatic heterocycles. The predicted octanol–water partition coefficient (Wildman–Crippen LogP) is 3.37. The van der Waals surface area contributed by atoms with E-state index in [4.69, 9.17) is 5.73 Å². The lowest BCUT2D eigenvalue weighted by Gasteiger charge is -2.22. The molecule has 20 heavy (non-hydrogen) atoms. The maximum atomic E-state index is 12.1. The molecular formula is C17H28N2O. The maximum Gasteiger partial charge on any atom is 0.226 e. The van der Waals surface area contributed by atoms with E-state index in [9.17, 15) is 4.79 Å². The number of rotatable bonds is 8. The molecule has 1 aromatic rings. The van der Waals surface area contributed by atoms with Crippen molar-refractivity contribution in [3.63, 3.8) is 0 Å². The summed E-state index contributed by atoms with van der Waals surface area (Å²) >= 11 is 0. The highest BCUT2D eigenvalue weighted by molar-refractivity contribution is 5.93. The summed E-state index contributed by atoms with van der Waals surface area (Å²) in [6.07, 6.45) is 3.53. The minimum absolute atomic E-state index is 0.179. The second-order valence-electron chi connectivity index (χ2n) is 5.66. The van der Waals surface area contributed by atoms with Crippen LogP contribution in [0.25, 0.3) is 0 Å². The molecule has 0 aliphatic heterocycles. The zero-order valence-corrected chi connectivity index (χ0v) is 13.1. The Morgan fingerprint density at radius 2 is 1.85 bits per heavy atom. The molecule has 112 valence electrons. The standard InChI is InChI=1S/C17H28N2O/c1-4-17(20)19(12-6-5-11-18)16-9-7-15(8-10-16)13-14(2)3/h7-10,14H,4-6,11-13,18H2,1-3H3. The fourth-order valence-corrected chi connectivity index (χ4v) is 2.29. The Labute approximate surface area is 123 Å². The van der Waals surface area contributed by atoms with Gasteiger partial charge in [-0.3, -0.25) is 4.79 Å². The number of carbonyl (C=O) groups excluding carboxylic acids is 1. The Bertz CT molecular complexity index is 398. The van der Waals surface area contributed by atoms with E-state index in [-0.39, 0.29) is 5.91 Å². The highest BCUT2D eigenvalue weighted by Crippen LogP contribution is 2.18. The van der Waals surface area contributed by atoms with Gasteiger partial charge >= 0.3 is 0 Å². The first kappa shape index (κ1) is 16.7. The molecule has 0 spiro atoms. The minimum Gasteiger partial charge on any atom is -0.330 e. The van der Waals surface area contributed by atoms with Crippen LogP contribution in [-0.4, -0.2) is 19.0 Å². The fourth-order valence-electron chi connectivity index (χ4n) is 2.29. The lowest BCUT2D eigenvalue weighted by molar-refractivity contribution is -0.118. The number of nitrogens with zero attached hydrogens (tertiary/aromatic N) is 1. The molecule has 1 rings (SSSR count). The highest BCUT2D eigenvalue weighted by Gasteiger charge is 2.13. The molecule has 3 heteroatoms. The molecule has 0 fully saturated rings. The molecule has 2 N–H and O–H groups in total. The molecule has 0 heterocycles. The van der Waals surface area contributed by atoms with E-state index >= 15 is 0 Å². The van der Waals surface area contributed by atoms with E-state index in [1.54, 1.807) is 0 Å². The minimum atomic E-state index is 0.179. The van der Waals surface area contributed by atoms with E-state index in [0.717, 1.165) is 31.5 Å². The van der Waals surface area contributed by atoms with E-state index in [0.29, 0.717) is 18.9 Å². The SMILES string of the molecule is CCC(=O)N(CCCCN)c1ccc(CC(C)C)cc1. The molecule has 0 saturated carbocycles. The number of amides is 1. The topological polar surface area (TPSA) is 46.3 Å². The van der Waals surface area contributed by atoms with Gasteiger partial charge in [0.15, 0.2) is 0 Å². The van der Waals surface area contributed by atoms with Crippen LogP contribution >= 0.6 is 0 Å². The first-order chi connectivity index (χ1) is 9.58. The van der Waals surface area contributed by atoms with Crippen LogP contribution in [0.15, 0.2) is 24.3 Å². The van der Waals surface area contributed by atoms with E-state index in [1.165, 1.54) is 5.56 Å². The molecule has 0 unspecified atom stereocenters. The van der Waals surface area contributed by atoms with Gasteiger partial charge in [0.05, 0.1) is 0 Å². The zero-order valence-electron chi connectivity index (χ0n) is 13.1. The number of anilines is 1. The number of hydrogen-bond donors (Lipinski definition) is 1. The van der Waals surface area contributed by atoms with Crippen molar-refractivity contribution in [2.45, 2.75) is 46.5 Å². The average molecular weight is 276 g/mol. The Kier molecular flexibility index (Phi) is 7.31. The summed E-state index contributed by atoms with van der Waals surface area (Å²) in [6.45, 7) is 7.78. The third kappa shape index (κ3) is 5.33. The fraction of sp³-hybridized carbons (Fsp3) is 0.588. The first-order valence-corrected chi connectivity index (χ1v) is 7.67. The van der Waals surface area contributed by atoms with Crippen molar-refractivity contribution in [1.29, 1.82) is 0 Å². The van der Waals surface area contributed by atoms with E-state index in [2.05, 4.69) is 38.1 Å². The van der Waals surface area contributed by atoms with Gasteiger partial charge in [-0.2, -0.15) is 0 Å². The quantitative estimate of drug-likeness (QED) is 0.740. The lowest BCUT2D eigenvalue weighted by Crippen LogP contribution is -2.31. The van der Waals surface area contributed by atoms with Crippen LogP contribution in [0.2, 0.25) is 0 Å². The van der Waals surface area contributed by atoms with Crippen molar-refractivity contribution >= 4 is 11.6 Å². The Balaban J connectivity index is 2.76. The van der Waals surface area contributed by atoms with Crippen molar-refractivity contribution < 1.29 is 4.79 Å². The van der Waals surface area contributed by atoms with Crippen LogP contribution in [0.1, 0.15) is 45.6 Å². The predicted molar refractivity (Wildman–Crippen MR) is 85.9 cm³/mol. The van der Waals surface area contributed by atoms with Gasteiger partial charge in [0, 0.05) is 18.7 Å². The molecule has 3 nitrogen and oxygen atoms in total. The molecule has 0 saturated heterocycles. The maximum absolute atomic E-state index is 12.1. The van der Waals surface area contributed by atoms with Crippen molar-refractivity contribution in [2.75, 3.05) is 18.0 Å². The second kappa shape index (κ2) is 8.75. The second-order valence-corrected chi connectivity index (χ2v) is 5.66. The monoisotopic (exact) mass is 276 g/mol. The number of benzene rings is 1. The van der Waals surface area contributed by atoms with Crippen molar-refractivity contribution in [1.82, 2.24) is 0 Å². The summed E-state index contributed by atoms with van der Waals surface area (Å²) in [5.41, 5.74) is 7.85. The van der Waals surface area contributed by atoms with Crippen LogP contribution in [0.5, 0.6) is 0 Å². The summed E-state index contributed by atoms with van der Waals surface area (Å²) in [6, 6.07) is 8.39. The summed E-state index contributed by atoms with van der Waals surface area (Å²) in [7, 11) is 0. The van der Waals surface area contributed by atoms with Crippen LogP contribution < -0.4 is 10.6 Å². The van der Waals surface area contributed by atoms with Gasteiger partial charge in [0.25, 0.3) is 0 Å². The summed E-state index contributed by atoms with van der Waals surface area (Å²) in [5, 5.41) is 0. The molecule has 0 atom stereocenters. The number of hydrogen-bond acceptors (Lipinski definition) is 2. The molecule has 0 aliphatic carbocycles. The third-order valence-electron chi connectivity index (χ3n) is 3.33. The summed E-state index contributed by atoms with van der Waals surface area (Å²) in [4.78, 5) is 13.9. The van der Waals surface area contributed by atoms with Crippen molar-refractivity contribution in [2.24, 2.45) is 11.7 Å². The Morgan fingerprint density at radius 1 is 1.20 bits per heavy atom. The van der Waals surface area contributed by atoms with Gasteiger partial charge in [0.1, 0.15) is 0 Å². The molecule has 1 amide bonds. The van der Waals surface area contributed by atoms with Crippen LogP contribution in [0.4, 0.5) is 5.69 Å². The van der Waals surface area contributed by atoms with Crippen LogP contribution in [0, 0.1) is 5.92 Å². The first-order valence-electron chi connectivity index (χ1n) is 7.67. The normalized spacial score (nSPS) is 10.8. The summed E-state index contributed by atoms with van der Waals surface area (Å²) in [5.74, 6) is 0.831. The lowest BCUT2D eigenvalue weighted by atomic mass is 10.0. The van der Waals surface area contributed by atoms with Gasteiger partial charge < -0.3 is 10.6 Å². The number of unbranched alkanes of at least 4 members (excludes halogenated alkanes) is 1.